The number of alkyl halides is 3. The van der Waals surface area contributed by atoms with Crippen LogP contribution in [0.5, 0.6) is 0 Å². The number of amides is 2. The Kier molecular flexibility index (Phi) is 2.75. The number of fused-ring (bicyclic) bond motifs is 1. The lowest BCUT2D eigenvalue weighted by Gasteiger charge is -2.22. The van der Waals surface area contributed by atoms with Crippen LogP contribution in [0.25, 0.3) is 0 Å². The maximum absolute atomic E-state index is 12.2. The molecule has 0 N–H and O–H groups in total. The molecular weight excluding hydrogens is 235 g/mol. The molecule has 2 amide bonds. The fourth-order valence-electron chi connectivity index (χ4n) is 2.52. The fourth-order valence-corrected chi connectivity index (χ4v) is 2.52. The second kappa shape index (κ2) is 3.85. The molecule has 1 saturated carbocycles. The summed E-state index contributed by atoms with van der Waals surface area (Å²) >= 11 is 0. The Labute approximate surface area is 96.3 Å². The number of hydrogen-bond donors (Lipinski definition) is 0. The van der Waals surface area contributed by atoms with Crippen LogP contribution < -0.4 is 0 Å². The molecule has 1 aliphatic carbocycles. The first-order chi connectivity index (χ1) is 7.79. The van der Waals surface area contributed by atoms with Crippen molar-refractivity contribution < 1.29 is 22.8 Å². The van der Waals surface area contributed by atoms with E-state index in [1.54, 1.807) is 0 Å². The van der Waals surface area contributed by atoms with Crippen molar-refractivity contribution in [3.63, 3.8) is 0 Å². The summed E-state index contributed by atoms with van der Waals surface area (Å²) in [4.78, 5) is 23.8. The minimum absolute atomic E-state index is 0.337. The van der Waals surface area contributed by atoms with E-state index in [4.69, 9.17) is 0 Å². The van der Waals surface area contributed by atoms with E-state index in [0.29, 0.717) is 24.2 Å². The summed E-state index contributed by atoms with van der Waals surface area (Å²) < 4.78 is 36.7. The van der Waals surface area contributed by atoms with Crippen LogP contribution in [0.2, 0.25) is 0 Å². The summed E-state index contributed by atoms with van der Waals surface area (Å²) in [6, 6.07) is 0. The van der Waals surface area contributed by atoms with Crippen molar-refractivity contribution in [2.24, 2.45) is 11.8 Å². The molecule has 0 aromatic carbocycles. The van der Waals surface area contributed by atoms with E-state index >= 15 is 0 Å². The van der Waals surface area contributed by atoms with Crippen LogP contribution in [0.1, 0.15) is 19.3 Å². The lowest BCUT2D eigenvalue weighted by molar-refractivity contribution is -0.166. The molecule has 1 heterocycles. The maximum Gasteiger partial charge on any atom is 0.406 e. The molecule has 0 aromatic heterocycles. The Balaban J connectivity index is 2.18. The molecule has 0 spiro atoms. The van der Waals surface area contributed by atoms with Gasteiger partial charge < -0.3 is 0 Å². The fraction of sp³-hybridized carbons (Fsp3) is 0.636. The summed E-state index contributed by atoms with van der Waals surface area (Å²) in [5, 5.41) is 0. The predicted molar refractivity (Wildman–Crippen MR) is 52.7 cm³/mol. The molecule has 2 unspecified atom stereocenters. The minimum atomic E-state index is -4.53. The highest BCUT2D eigenvalue weighted by atomic mass is 19.4. The van der Waals surface area contributed by atoms with Crippen LogP contribution >= 0.6 is 0 Å². The minimum Gasteiger partial charge on any atom is -0.274 e. The van der Waals surface area contributed by atoms with E-state index in [2.05, 4.69) is 6.58 Å². The largest absolute Gasteiger partial charge is 0.406 e. The first kappa shape index (κ1) is 12.1. The van der Waals surface area contributed by atoms with E-state index in [9.17, 15) is 22.8 Å². The number of halogens is 3. The standard InChI is InChI=1S/C11H12F3NO2/c1-6-2-3-7-8(4-6)10(17)15(9(7)16)5-11(12,13)14/h7-8H,1-5H2. The molecule has 94 valence electrons. The topological polar surface area (TPSA) is 37.4 Å². The molecule has 2 rings (SSSR count). The van der Waals surface area contributed by atoms with Crippen LogP contribution in [-0.2, 0) is 9.59 Å². The van der Waals surface area contributed by atoms with Gasteiger partial charge in [-0.05, 0) is 19.3 Å². The van der Waals surface area contributed by atoms with Gasteiger partial charge in [-0.15, -0.1) is 0 Å². The van der Waals surface area contributed by atoms with Gasteiger partial charge in [-0.25, -0.2) is 0 Å². The number of likely N-dealkylation sites (tertiary alicyclic amines) is 1. The van der Waals surface area contributed by atoms with Gasteiger partial charge in [0.2, 0.25) is 11.8 Å². The molecule has 0 bridgehead atoms. The van der Waals surface area contributed by atoms with Gasteiger partial charge in [0.1, 0.15) is 6.54 Å². The van der Waals surface area contributed by atoms with Gasteiger partial charge >= 0.3 is 6.18 Å². The van der Waals surface area contributed by atoms with Crippen LogP contribution in [-0.4, -0.2) is 29.4 Å². The third-order valence-electron chi connectivity index (χ3n) is 3.31. The molecule has 3 nitrogen and oxygen atoms in total. The molecule has 0 aromatic rings. The SMILES string of the molecule is C=C1CCC2C(=O)N(CC(F)(F)F)C(=O)C2C1. The molecule has 1 aliphatic heterocycles. The zero-order valence-electron chi connectivity index (χ0n) is 9.09. The van der Waals surface area contributed by atoms with E-state index < -0.39 is 36.4 Å². The highest BCUT2D eigenvalue weighted by Crippen LogP contribution is 2.40. The Morgan fingerprint density at radius 2 is 1.82 bits per heavy atom. The van der Waals surface area contributed by atoms with Gasteiger partial charge in [0, 0.05) is 0 Å². The van der Waals surface area contributed by atoms with Crippen molar-refractivity contribution in [3.05, 3.63) is 12.2 Å². The number of hydrogen-bond acceptors (Lipinski definition) is 2. The number of carbonyl (C=O) groups excluding carboxylic acids is 2. The molecule has 6 heteroatoms. The monoisotopic (exact) mass is 247 g/mol. The van der Waals surface area contributed by atoms with E-state index in [1.165, 1.54) is 0 Å². The summed E-state index contributed by atoms with van der Waals surface area (Å²) in [7, 11) is 0. The van der Waals surface area contributed by atoms with Crippen molar-refractivity contribution in [1.82, 2.24) is 4.90 Å². The summed E-state index contributed by atoms with van der Waals surface area (Å²) in [5.41, 5.74) is 0.834. The van der Waals surface area contributed by atoms with Crippen molar-refractivity contribution in [2.45, 2.75) is 25.4 Å². The smallest absolute Gasteiger partial charge is 0.274 e. The Bertz CT molecular complexity index is 389. The van der Waals surface area contributed by atoms with Gasteiger partial charge in [-0.2, -0.15) is 13.2 Å². The summed E-state index contributed by atoms with van der Waals surface area (Å²) in [6.07, 6.45) is -3.15. The lowest BCUT2D eigenvalue weighted by Crippen LogP contribution is -2.39. The molecule has 1 saturated heterocycles. The third kappa shape index (κ3) is 2.21. The third-order valence-corrected chi connectivity index (χ3v) is 3.31. The van der Waals surface area contributed by atoms with Gasteiger partial charge in [0.15, 0.2) is 0 Å². The highest BCUT2D eigenvalue weighted by Gasteiger charge is 2.51. The van der Waals surface area contributed by atoms with E-state index in [1.807, 2.05) is 0 Å². The Morgan fingerprint density at radius 1 is 1.24 bits per heavy atom. The Morgan fingerprint density at radius 3 is 2.41 bits per heavy atom. The molecule has 2 aliphatic rings. The number of nitrogens with zero attached hydrogens (tertiary/aromatic N) is 1. The van der Waals surface area contributed by atoms with Crippen LogP contribution in [0.15, 0.2) is 12.2 Å². The van der Waals surface area contributed by atoms with Crippen LogP contribution in [0.4, 0.5) is 13.2 Å². The van der Waals surface area contributed by atoms with Gasteiger partial charge in [-0.3, -0.25) is 14.5 Å². The average molecular weight is 247 g/mol. The van der Waals surface area contributed by atoms with Crippen molar-refractivity contribution in [1.29, 1.82) is 0 Å². The summed E-state index contributed by atoms with van der Waals surface area (Å²) in [5.74, 6) is -2.57. The number of carbonyl (C=O) groups is 2. The second-order valence-electron chi connectivity index (χ2n) is 4.58. The first-order valence-corrected chi connectivity index (χ1v) is 5.38. The number of allylic oxidation sites excluding steroid dienone is 1. The molecule has 2 fully saturated rings. The van der Waals surface area contributed by atoms with Crippen LogP contribution in [0, 0.1) is 11.8 Å². The van der Waals surface area contributed by atoms with Crippen molar-refractivity contribution >= 4 is 11.8 Å². The number of rotatable bonds is 1. The first-order valence-electron chi connectivity index (χ1n) is 5.38. The number of imide groups is 1. The van der Waals surface area contributed by atoms with Gasteiger partial charge in [0.25, 0.3) is 0 Å². The maximum atomic E-state index is 12.2. The normalized spacial score (nSPS) is 29.8. The van der Waals surface area contributed by atoms with Crippen molar-refractivity contribution in [2.75, 3.05) is 6.54 Å². The second-order valence-corrected chi connectivity index (χ2v) is 4.58. The van der Waals surface area contributed by atoms with E-state index in [0.717, 1.165) is 5.57 Å². The van der Waals surface area contributed by atoms with Crippen LogP contribution in [0.3, 0.4) is 0 Å². The zero-order valence-corrected chi connectivity index (χ0v) is 9.09. The molecule has 2 atom stereocenters. The molecule has 17 heavy (non-hydrogen) atoms. The lowest BCUT2D eigenvalue weighted by atomic mass is 9.79. The highest BCUT2D eigenvalue weighted by molar-refractivity contribution is 6.05. The van der Waals surface area contributed by atoms with Crippen molar-refractivity contribution in [3.8, 4) is 0 Å². The van der Waals surface area contributed by atoms with Gasteiger partial charge in [0.05, 0.1) is 11.8 Å². The quantitative estimate of drug-likeness (QED) is 0.524. The summed E-state index contributed by atoms with van der Waals surface area (Å²) in [6.45, 7) is 2.26. The molecule has 0 radical (unpaired) electrons. The Hall–Kier alpha value is -1.33. The predicted octanol–water partition coefficient (Wildman–Crippen LogP) is 1.89. The average Bonchev–Trinajstić information content (AvgIpc) is 2.42. The molecular formula is C11H12F3NO2. The zero-order chi connectivity index (χ0) is 12.8. The van der Waals surface area contributed by atoms with Gasteiger partial charge in [-0.1, -0.05) is 12.2 Å². The van der Waals surface area contributed by atoms with E-state index in [-0.39, 0.29) is 0 Å².